The summed E-state index contributed by atoms with van der Waals surface area (Å²) in [6.45, 7) is 4.89. The number of nitrogens with zero attached hydrogens (tertiary/aromatic N) is 6. The van der Waals surface area contributed by atoms with Crippen molar-refractivity contribution >= 4 is 28.2 Å². The second-order valence-electron chi connectivity index (χ2n) is 7.56. The molecule has 0 bridgehead atoms. The zero-order valence-electron chi connectivity index (χ0n) is 17.2. The molecule has 1 atom stereocenters. The summed E-state index contributed by atoms with van der Waals surface area (Å²) in [5.41, 5.74) is 0.0676. The molecule has 4 aromatic rings. The van der Waals surface area contributed by atoms with Gasteiger partial charge in [0.1, 0.15) is 29.2 Å². The van der Waals surface area contributed by atoms with Crippen LogP contribution in [0.3, 0.4) is 0 Å². The molecule has 3 heterocycles. The van der Waals surface area contributed by atoms with Gasteiger partial charge >= 0.3 is 0 Å². The molecule has 0 spiro atoms. The van der Waals surface area contributed by atoms with Crippen molar-refractivity contribution in [3.05, 3.63) is 45.3 Å². The third-order valence-electron chi connectivity index (χ3n) is 5.28. The van der Waals surface area contributed by atoms with E-state index in [1.807, 2.05) is 0 Å². The Morgan fingerprint density at radius 2 is 2.13 bits per heavy atom. The van der Waals surface area contributed by atoms with E-state index >= 15 is 0 Å². The fourth-order valence-electron chi connectivity index (χ4n) is 3.37. The van der Waals surface area contributed by atoms with Gasteiger partial charge in [0.25, 0.3) is 11.4 Å². The minimum atomic E-state index is -0.822. The number of nitriles is 1. The molecule has 0 aliphatic heterocycles. The topological polar surface area (TPSA) is 131 Å². The summed E-state index contributed by atoms with van der Waals surface area (Å²) < 4.78 is 13.6. The highest BCUT2D eigenvalue weighted by atomic mass is 35.5. The van der Waals surface area contributed by atoms with E-state index in [9.17, 15) is 15.2 Å². The van der Waals surface area contributed by atoms with Crippen molar-refractivity contribution in [2.45, 2.75) is 32.4 Å². The molecular weight excluding hydrogens is 424 g/mol. The molecule has 0 aliphatic carbocycles. The Bertz CT molecular complexity index is 1410. The highest BCUT2D eigenvalue weighted by Gasteiger charge is 2.29. The van der Waals surface area contributed by atoms with Gasteiger partial charge in [0.2, 0.25) is 5.82 Å². The highest BCUT2D eigenvalue weighted by molar-refractivity contribution is 6.32. The molecule has 11 heteroatoms. The Balaban J connectivity index is 2.11. The summed E-state index contributed by atoms with van der Waals surface area (Å²) in [5.74, 6) is 0.353. The van der Waals surface area contributed by atoms with Gasteiger partial charge < -0.3 is 14.4 Å². The van der Waals surface area contributed by atoms with Crippen LogP contribution in [-0.2, 0) is 10.3 Å². The average molecular weight is 443 g/mol. The van der Waals surface area contributed by atoms with Crippen molar-refractivity contribution in [3.63, 3.8) is 0 Å². The van der Waals surface area contributed by atoms with Gasteiger partial charge in [-0.1, -0.05) is 16.8 Å². The van der Waals surface area contributed by atoms with E-state index in [4.69, 9.17) is 20.9 Å². The maximum absolute atomic E-state index is 13.6. The van der Waals surface area contributed by atoms with Gasteiger partial charge in [-0.25, -0.2) is 4.98 Å². The molecule has 1 N–H and O–H groups in total. The van der Waals surface area contributed by atoms with Crippen LogP contribution in [0.5, 0.6) is 0 Å². The number of aromatic nitrogens is 5. The normalized spacial score (nSPS) is 13.1. The molecule has 160 valence electrons. The van der Waals surface area contributed by atoms with Gasteiger partial charge in [0.15, 0.2) is 0 Å². The maximum Gasteiger partial charge on any atom is 0.278 e. The Morgan fingerprint density at radius 1 is 1.39 bits per heavy atom. The fraction of sp³-hybridized carbons (Fsp3) is 0.350. The number of hydrogen-bond acceptors (Lipinski definition) is 8. The Morgan fingerprint density at radius 3 is 2.77 bits per heavy atom. The number of aliphatic hydroxyl groups excluding tert-OH is 1. The SMILES string of the molecule is COC(C)(C)c1nc(-c2ncn3c2c(=O)n(C(C)CO)c2c(C#N)c(Cl)ccc23)no1. The highest BCUT2D eigenvalue weighted by Crippen LogP contribution is 2.30. The van der Waals surface area contributed by atoms with E-state index in [2.05, 4.69) is 21.2 Å². The fourth-order valence-corrected chi connectivity index (χ4v) is 3.56. The van der Waals surface area contributed by atoms with Crippen molar-refractivity contribution in [3.8, 4) is 17.6 Å². The lowest BCUT2D eigenvalue weighted by molar-refractivity contribution is -0.00786. The third kappa shape index (κ3) is 3.09. The number of imidazole rings is 1. The summed E-state index contributed by atoms with van der Waals surface area (Å²) in [6.07, 6.45) is 1.45. The Hall–Kier alpha value is -3.26. The minimum absolute atomic E-state index is 0.122. The van der Waals surface area contributed by atoms with E-state index in [0.29, 0.717) is 11.0 Å². The number of rotatable bonds is 5. The van der Waals surface area contributed by atoms with Crippen LogP contribution in [0.15, 0.2) is 27.8 Å². The zero-order valence-corrected chi connectivity index (χ0v) is 18.0. The van der Waals surface area contributed by atoms with Crippen LogP contribution in [-0.4, -0.2) is 42.9 Å². The second-order valence-corrected chi connectivity index (χ2v) is 7.97. The molecule has 0 saturated carbocycles. The van der Waals surface area contributed by atoms with Gasteiger partial charge in [-0.3, -0.25) is 13.8 Å². The Kier molecular flexibility index (Phi) is 5.05. The first-order chi connectivity index (χ1) is 14.7. The molecule has 0 fully saturated rings. The number of ether oxygens (including phenoxy) is 1. The first kappa shape index (κ1) is 21.0. The van der Waals surface area contributed by atoms with Gasteiger partial charge in [-0.15, -0.1) is 0 Å². The average Bonchev–Trinajstić information content (AvgIpc) is 3.41. The predicted molar refractivity (Wildman–Crippen MR) is 112 cm³/mol. The van der Waals surface area contributed by atoms with Crippen molar-refractivity contribution in [2.75, 3.05) is 13.7 Å². The number of aliphatic hydroxyl groups is 1. The van der Waals surface area contributed by atoms with Crippen LogP contribution in [0.1, 0.15) is 38.3 Å². The van der Waals surface area contributed by atoms with Gasteiger partial charge in [-0.2, -0.15) is 10.2 Å². The van der Waals surface area contributed by atoms with Crippen molar-refractivity contribution in [1.29, 1.82) is 5.26 Å². The first-order valence-corrected chi connectivity index (χ1v) is 9.77. The summed E-state index contributed by atoms with van der Waals surface area (Å²) in [7, 11) is 1.52. The summed E-state index contributed by atoms with van der Waals surface area (Å²) >= 11 is 6.22. The zero-order chi connectivity index (χ0) is 22.5. The van der Waals surface area contributed by atoms with Crippen LogP contribution >= 0.6 is 11.6 Å². The molecule has 0 radical (unpaired) electrons. The molecule has 31 heavy (non-hydrogen) atoms. The summed E-state index contributed by atoms with van der Waals surface area (Å²) in [6, 6.07) is 4.69. The quantitative estimate of drug-likeness (QED) is 0.499. The largest absolute Gasteiger partial charge is 0.394 e. The van der Waals surface area contributed by atoms with Crippen molar-refractivity contribution in [2.24, 2.45) is 0 Å². The lowest BCUT2D eigenvalue weighted by atomic mass is 10.1. The number of benzene rings is 1. The molecule has 0 aliphatic rings. The summed E-state index contributed by atoms with van der Waals surface area (Å²) in [4.78, 5) is 22.3. The smallest absolute Gasteiger partial charge is 0.278 e. The number of halogens is 1. The number of methoxy groups -OCH3 is 1. The van der Waals surface area contributed by atoms with E-state index in [-0.39, 0.29) is 40.1 Å². The van der Waals surface area contributed by atoms with Crippen LogP contribution in [0, 0.1) is 11.3 Å². The van der Waals surface area contributed by atoms with Gasteiger partial charge in [0, 0.05) is 7.11 Å². The first-order valence-electron chi connectivity index (χ1n) is 9.39. The second kappa shape index (κ2) is 7.46. The predicted octanol–water partition coefficient (Wildman–Crippen LogP) is 2.66. The molecular formula is C20H19ClN6O4. The summed E-state index contributed by atoms with van der Waals surface area (Å²) in [5, 5.41) is 23.6. The molecule has 1 aromatic carbocycles. The van der Waals surface area contributed by atoms with Gasteiger partial charge in [0.05, 0.1) is 34.3 Å². The van der Waals surface area contributed by atoms with Crippen LogP contribution in [0.4, 0.5) is 0 Å². The standard InChI is InChI=1S/C20H19ClN6O4/c1-10(8-28)27-15-11(7-22)12(21)5-6-13(15)26-9-23-14(16(26)18(27)29)17-24-19(31-25-17)20(2,3)30-4/h5-6,9-10,28H,8H2,1-4H3. The molecule has 4 rings (SSSR count). The Labute approximate surface area is 181 Å². The third-order valence-corrected chi connectivity index (χ3v) is 5.59. The van der Waals surface area contributed by atoms with E-state index < -0.39 is 17.2 Å². The molecule has 10 nitrogen and oxygen atoms in total. The van der Waals surface area contributed by atoms with Crippen LogP contribution in [0.25, 0.3) is 28.1 Å². The van der Waals surface area contributed by atoms with E-state index in [0.717, 1.165) is 0 Å². The van der Waals surface area contributed by atoms with E-state index in [1.165, 1.54) is 18.0 Å². The van der Waals surface area contributed by atoms with Gasteiger partial charge in [-0.05, 0) is 32.9 Å². The monoisotopic (exact) mass is 442 g/mol. The van der Waals surface area contributed by atoms with Crippen LogP contribution in [0.2, 0.25) is 5.02 Å². The molecule has 1 unspecified atom stereocenters. The molecule has 0 amide bonds. The lowest BCUT2D eigenvalue weighted by Crippen LogP contribution is -2.28. The van der Waals surface area contributed by atoms with Crippen LogP contribution < -0.4 is 5.56 Å². The maximum atomic E-state index is 13.6. The number of hydrogen-bond donors (Lipinski definition) is 1. The van der Waals surface area contributed by atoms with Crippen molar-refractivity contribution < 1.29 is 14.4 Å². The molecule has 0 saturated heterocycles. The van der Waals surface area contributed by atoms with E-state index in [1.54, 1.807) is 37.3 Å². The minimum Gasteiger partial charge on any atom is -0.394 e. The molecule has 3 aromatic heterocycles. The number of fused-ring (bicyclic) bond motifs is 3. The van der Waals surface area contributed by atoms with Crippen molar-refractivity contribution in [1.82, 2.24) is 24.1 Å². The lowest BCUT2D eigenvalue weighted by Gasteiger charge is -2.18.